The molecule has 17 heteroatoms. The molecule has 3 amide bonds. The molecule has 2 saturated carbocycles. The minimum absolute atomic E-state index is 0.00389. The molecule has 63 heavy (non-hydrogen) atoms. The predicted molar refractivity (Wildman–Crippen MR) is 247 cm³/mol. The van der Waals surface area contributed by atoms with Gasteiger partial charge in [0.05, 0.1) is 35.3 Å². The summed E-state index contributed by atoms with van der Waals surface area (Å²) in [6.45, 7) is 10.6. The van der Waals surface area contributed by atoms with E-state index in [0.29, 0.717) is 48.7 Å². The molecule has 2 aliphatic carbocycles. The molecule has 1 saturated heterocycles. The molecule has 0 spiro atoms. The van der Waals surface area contributed by atoms with Crippen LogP contribution in [0.1, 0.15) is 103 Å². The number of hydrogen-bond donors (Lipinski definition) is 4. The van der Waals surface area contributed by atoms with Crippen molar-refractivity contribution in [2.45, 2.75) is 109 Å². The minimum Gasteiger partial charge on any atom is -0.496 e. The number of primary amides is 1. The lowest BCUT2D eigenvalue weighted by Crippen LogP contribution is -2.45. The molecule has 0 radical (unpaired) electrons. The number of nitrogens with two attached hydrogens (primary N) is 1. The summed E-state index contributed by atoms with van der Waals surface area (Å²) >= 11 is 1.55. The first kappa shape index (κ1) is 46.9. The number of allylic oxidation sites excluding steroid dienone is 2. The van der Waals surface area contributed by atoms with E-state index in [2.05, 4.69) is 57.9 Å². The van der Waals surface area contributed by atoms with E-state index in [9.17, 15) is 27.6 Å². The number of carbonyl (C=O) groups excluding carboxylic acids is 3. The van der Waals surface area contributed by atoms with E-state index in [1.54, 1.807) is 43.6 Å². The average Bonchev–Trinajstić information content (AvgIpc) is 3.95. The number of fused-ring (bicyclic) bond motifs is 2. The Hall–Kier alpha value is -5.55. The Balaban J connectivity index is 0.000000158. The number of aromatic nitrogens is 3. The van der Waals surface area contributed by atoms with Gasteiger partial charge in [-0.15, -0.1) is 11.3 Å². The summed E-state index contributed by atoms with van der Waals surface area (Å²) in [5, 5.41) is 6.40. The summed E-state index contributed by atoms with van der Waals surface area (Å²) in [5.74, 6) is 0.275. The van der Waals surface area contributed by atoms with Gasteiger partial charge in [0, 0.05) is 34.9 Å². The van der Waals surface area contributed by atoms with Crippen LogP contribution in [0.3, 0.4) is 0 Å². The SMILES string of the molecule is CCCCC/C=C\[C@@H]1C[C@@H]1C(=O)NS(=O)(=O)C1(C)CC1.COc1ccc2c(=O)cc(-c3nc(C(C)C)cs3)[nH]c2c1C.NC(=O)[C@@H]1CCCN1C(=O)CNc1nc2ccccc2o1. The zero-order valence-corrected chi connectivity index (χ0v) is 38.5. The fourth-order valence-corrected chi connectivity index (χ4v) is 9.55. The number of unbranched alkanes of at least 4 members (excludes halogenated alkanes) is 3. The van der Waals surface area contributed by atoms with Crippen molar-refractivity contribution in [2.24, 2.45) is 17.6 Å². The molecule has 8 rings (SSSR count). The number of nitrogens with zero attached hydrogens (tertiary/aromatic N) is 3. The van der Waals surface area contributed by atoms with Crippen molar-refractivity contribution in [3.63, 3.8) is 0 Å². The van der Waals surface area contributed by atoms with E-state index < -0.39 is 26.7 Å². The van der Waals surface area contributed by atoms with Gasteiger partial charge in [0.15, 0.2) is 11.0 Å². The van der Waals surface area contributed by atoms with Crippen LogP contribution in [0.4, 0.5) is 6.01 Å². The second kappa shape index (κ2) is 20.3. The van der Waals surface area contributed by atoms with E-state index in [1.165, 1.54) is 24.2 Å². The van der Waals surface area contributed by atoms with Crippen LogP contribution >= 0.6 is 11.3 Å². The van der Waals surface area contributed by atoms with Crippen molar-refractivity contribution in [2.75, 3.05) is 25.5 Å². The highest BCUT2D eigenvalue weighted by molar-refractivity contribution is 7.91. The van der Waals surface area contributed by atoms with Crippen LogP contribution in [0.15, 0.2) is 69.2 Å². The molecule has 15 nitrogen and oxygen atoms in total. The summed E-state index contributed by atoms with van der Waals surface area (Å²) in [4.78, 5) is 61.4. The van der Waals surface area contributed by atoms with Gasteiger partial charge >= 0.3 is 0 Å². The van der Waals surface area contributed by atoms with Gasteiger partial charge in [-0.1, -0.05) is 57.9 Å². The lowest BCUT2D eigenvalue weighted by Gasteiger charge is -2.21. The molecule has 2 aromatic carbocycles. The van der Waals surface area contributed by atoms with Gasteiger partial charge in [0.25, 0.3) is 6.01 Å². The molecule has 3 aromatic heterocycles. The highest BCUT2D eigenvalue weighted by atomic mass is 32.2. The number of aromatic amines is 1. The Bertz CT molecular complexity index is 2600. The number of anilines is 1. The summed E-state index contributed by atoms with van der Waals surface area (Å²) < 4.78 is 36.3. The summed E-state index contributed by atoms with van der Waals surface area (Å²) in [5.41, 5.74) is 10.2. The van der Waals surface area contributed by atoms with Crippen LogP contribution in [0.25, 0.3) is 32.7 Å². The van der Waals surface area contributed by atoms with Gasteiger partial charge in [-0.3, -0.25) is 23.9 Å². The number of ether oxygens (including phenoxy) is 1. The number of pyridine rings is 1. The second-order valence-corrected chi connectivity index (χ2v) is 20.0. The van der Waals surface area contributed by atoms with Gasteiger partial charge < -0.3 is 30.1 Å². The van der Waals surface area contributed by atoms with Crippen LogP contribution in [0.2, 0.25) is 0 Å². The minimum atomic E-state index is -3.47. The number of para-hydroxylation sites is 2. The number of hydrogen-bond acceptors (Lipinski definition) is 12. The van der Waals surface area contributed by atoms with Gasteiger partial charge in [0.2, 0.25) is 27.7 Å². The van der Waals surface area contributed by atoms with E-state index in [4.69, 9.17) is 14.9 Å². The number of H-pyrrole nitrogens is 1. The van der Waals surface area contributed by atoms with Crippen molar-refractivity contribution < 1.29 is 32.0 Å². The number of methoxy groups -OCH3 is 1. The van der Waals surface area contributed by atoms with Crippen molar-refractivity contribution in [3.05, 3.63) is 81.5 Å². The van der Waals surface area contributed by atoms with Gasteiger partial charge in [-0.2, -0.15) is 4.98 Å². The molecule has 3 fully saturated rings. The topological polar surface area (TPSA) is 220 Å². The standard InChI is InChI=1S/C17H18N2O2S.C15H25NO3S.C14H16N4O3/c1-9(2)13-8-22-17(19-13)12-7-14(20)11-5-6-15(21-4)10(3)16(11)18-12;1-3-4-5-6-7-8-12-11-13(12)14(17)16-20(18,19)15(2)9-10-15;15-13(20)10-5-3-7-18(10)12(19)8-16-14-17-9-4-1-2-6-11(9)21-14/h5-9H,1-4H3,(H,18,20);7-8,12-13H,3-6,9-11H2,1-2H3,(H,16,17);1-2,4,6,10H,3,5,7-8H2,(H2,15,20)(H,16,17)/b;8-7-;/t;12-,13+;10-/m.10/s1. The third-order valence-electron chi connectivity index (χ3n) is 11.7. The summed E-state index contributed by atoms with van der Waals surface area (Å²) in [6.07, 6.45) is 12.4. The van der Waals surface area contributed by atoms with Crippen LogP contribution in [0, 0.1) is 18.8 Å². The number of thiazole rings is 1. The number of likely N-dealkylation sites (tertiary alicyclic amines) is 1. The zero-order chi connectivity index (χ0) is 45.5. The number of rotatable bonds is 15. The molecule has 0 bridgehead atoms. The van der Waals surface area contributed by atoms with Crippen molar-refractivity contribution >= 4 is 67.1 Å². The zero-order valence-electron chi connectivity index (χ0n) is 36.9. The molecule has 4 heterocycles. The van der Waals surface area contributed by atoms with Crippen LogP contribution in [0.5, 0.6) is 5.75 Å². The van der Waals surface area contributed by atoms with E-state index in [1.807, 2.05) is 36.6 Å². The third kappa shape index (κ3) is 11.5. The number of benzene rings is 2. The van der Waals surface area contributed by atoms with Crippen molar-refractivity contribution in [1.29, 1.82) is 0 Å². The predicted octanol–water partition coefficient (Wildman–Crippen LogP) is 7.57. The van der Waals surface area contributed by atoms with Crippen molar-refractivity contribution in [3.8, 4) is 16.5 Å². The third-order valence-corrected chi connectivity index (χ3v) is 14.8. The maximum Gasteiger partial charge on any atom is 0.296 e. The molecular weight excluding hydrogens is 843 g/mol. The summed E-state index contributed by atoms with van der Waals surface area (Å²) in [6, 6.07) is 12.4. The molecule has 3 atom stereocenters. The number of oxazole rings is 1. The van der Waals surface area contributed by atoms with E-state index >= 15 is 0 Å². The number of sulfonamides is 1. The molecule has 5 aromatic rings. The van der Waals surface area contributed by atoms with Crippen LogP contribution in [-0.2, 0) is 24.4 Å². The van der Waals surface area contributed by atoms with Crippen molar-refractivity contribution in [1.82, 2.24) is 24.6 Å². The molecule has 338 valence electrons. The first-order valence-corrected chi connectivity index (χ1v) is 24.0. The Kier molecular flexibility index (Phi) is 15.1. The normalized spacial score (nSPS) is 18.7. The van der Waals surface area contributed by atoms with Gasteiger partial charge in [-0.05, 0) is 94.9 Å². The monoisotopic (exact) mass is 901 g/mol. The second-order valence-electron chi connectivity index (χ2n) is 16.9. The maximum atomic E-state index is 12.4. The summed E-state index contributed by atoms with van der Waals surface area (Å²) in [7, 11) is -1.84. The Morgan fingerprint density at radius 3 is 2.57 bits per heavy atom. The van der Waals surface area contributed by atoms with Crippen LogP contribution < -0.4 is 25.9 Å². The Labute approximate surface area is 372 Å². The fourth-order valence-electron chi connectivity index (χ4n) is 7.30. The number of aryl methyl sites for hydroxylation is 1. The van der Waals surface area contributed by atoms with E-state index in [-0.39, 0.29) is 35.6 Å². The smallest absolute Gasteiger partial charge is 0.296 e. The first-order chi connectivity index (χ1) is 30.0. The lowest BCUT2D eigenvalue weighted by atomic mass is 10.1. The lowest BCUT2D eigenvalue weighted by molar-refractivity contribution is -0.135. The van der Waals surface area contributed by atoms with Crippen LogP contribution in [-0.4, -0.2) is 77.0 Å². The molecule has 5 N–H and O–H groups in total. The average molecular weight is 902 g/mol. The van der Waals surface area contributed by atoms with E-state index in [0.717, 1.165) is 58.0 Å². The maximum absolute atomic E-state index is 12.4. The fraction of sp³-hybridized carbons (Fsp3) is 0.478. The number of nitrogens with one attached hydrogen (secondary N) is 3. The highest BCUT2D eigenvalue weighted by Gasteiger charge is 2.52. The Morgan fingerprint density at radius 1 is 1.14 bits per heavy atom. The highest BCUT2D eigenvalue weighted by Crippen LogP contribution is 2.44. The molecular formula is C46H59N7O8S2. The Morgan fingerprint density at radius 2 is 1.90 bits per heavy atom. The molecule has 1 aliphatic heterocycles. The van der Waals surface area contributed by atoms with Gasteiger partial charge in [0.1, 0.15) is 22.3 Å². The molecule has 0 unspecified atom stereocenters. The number of carbonyl (C=O) groups is 3. The first-order valence-electron chi connectivity index (χ1n) is 21.6. The van der Waals surface area contributed by atoms with Gasteiger partial charge in [-0.25, -0.2) is 13.4 Å². The number of amides is 3. The largest absolute Gasteiger partial charge is 0.496 e. The quantitative estimate of drug-likeness (QED) is 0.0593. The molecule has 3 aliphatic rings.